The fraction of sp³-hybridized carbons (Fsp3) is 0.935. The van der Waals surface area contributed by atoms with E-state index in [1.165, 1.54) is 103 Å². The topological polar surface area (TPSA) is 63.6 Å². The van der Waals surface area contributed by atoms with Crippen LogP contribution in [0.3, 0.4) is 0 Å². The molecule has 0 radical (unpaired) electrons. The molecule has 0 aliphatic heterocycles. The minimum atomic E-state index is -0.682. The van der Waals surface area contributed by atoms with Gasteiger partial charge in [0.25, 0.3) is 0 Å². The third-order valence-electron chi connectivity index (χ3n) is 7.08. The molecule has 1 unspecified atom stereocenters. The number of esters is 1. The van der Waals surface area contributed by atoms with Gasteiger partial charge in [0, 0.05) is 12.8 Å². The van der Waals surface area contributed by atoms with E-state index in [9.17, 15) is 9.59 Å². The van der Waals surface area contributed by atoms with Crippen molar-refractivity contribution in [1.29, 1.82) is 0 Å². The standard InChI is InChI=1S/C31H60O4/c1-3-5-7-9-10-11-12-17-20-24-28-31(34)35-29(25-21-8-6-4-2)26-22-18-15-13-14-16-19-23-27-30(32)33/h29H,3-28H2,1-2H3,(H,32,33). The highest BCUT2D eigenvalue weighted by Crippen LogP contribution is 2.18. The van der Waals surface area contributed by atoms with E-state index in [0.717, 1.165) is 51.4 Å². The second-order valence-corrected chi connectivity index (χ2v) is 10.7. The van der Waals surface area contributed by atoms with Crippen molar-refractivity contribution in [3.8, 4) is 0 Å². The van der Waals surface area contributed by atoms with Crippen LogP contribution >= 0.6 is 0 Å². The molecule has 0 amide bonds. The Hall–Kier alpha value is -1.06. The average molecular weight is 497 g/mol. The second kappa shape index (κ2) is 27.5. The summed E-state index contributed by atoms with van der Waals surface area (Å²) in [5.74, 6) is -0.662. The first-order chi connectivity index (χ1) is 17.1. The maximum Gasteiger partial charge on any atom is 0.306 e. The minimum Gasteiger partial charge on any atom is -0.481 e. The van der Waals surface area contributed by atoms with Crippen molar-refractivity contribution in [3.05, 3.63) is 0 Å². The maximum absolute atomic E-state index is 12.4. The fourth-order valence-electron chi connectivity index (χ4n) is 4.77. The van der Waals surface area contributed by atoms with Crippen LogP contribution in [0, 0.1) is 0 Å². The number of carboxylic acid groups (broad SMARTS) is 1. The van der Waals surface area contributed by atoms with Gasteiger partial charge < -0.3 is 9.84 Å². The summed E-state index contributed by atoms with van der Waals surface area (Å²) in [6.45, 7) is 4.50. The summed E-state index contributed by atoms with van der Waals surface area (Å²) in [5, 5.41) is 8.67. The molecule has 0 fully saturated rings. The zero-order chi connectivity index (χ0) is 25.8. The van der Waals surface area contributed by atoms with Gasteiger partial charge in [-0.15, -0.1) is 0 Å². The molecule has 0 saturated carbocycles. The monoisotopic (exact) mass is 496 g/mol. The zero-order valence-corrected chi connectivity index (χ0v) is 23.6. The Labute approximate surface area is 218 Å². The lowest BCUT2D eigenvalue weighted by Gasteiger charge is -2.18. The molecule has 208 valence electrons. The van der Waals surface area contributed by atoms with Crippen LogP contribution in [0.15, 0.2) is 0 Å². The third kappa shape index (κ3) is 27.4. The molecule has 35 heavy (non-hydrogen) atoms. The van der Waals surface area contributed by atoms with E-state index in [-0.39, 0.29) is 12.1 Å². The van der Waals surface area contributed by atoms with Crippen molar-refractivity contribution < 1.29 is 19.4 Å². The van der Waals surface area contributed by atoms with E-state index in [1.54, 1.807) is 0 Å². The summed E-state index contributed by atoms with van der Waals surface area (Å²) in [4.78, 5) is 23.0. The van der Waals surface area contributed by atoms with Gasteiger partial charge in [0.05, 0.1) is 0 Å². The minimum absolute atomic E-state index is 0.0198. The highest BCUT2D eigenvalue weighted by molar-refractivity contribution is 5.69. The lowest BCUT2D eigenvalue weighted by atomic mass is 10.0. The van der Waals surface area contributed by atoms with E-state index < -0.39 is 5.97 Å². The molecule has 0 rings (SSSR count). The Morgan fingerprint density at radius 2 is 0.857 bits per heavy atom. The Morgan fingerprint density at radius 3 is 1.29 bits per heavy atom. The summed E-state index contributed by atoms with van der Waals surface area (Å²) >= 11 is 0. The lowest BCUT2D eigenvalue weighted by molar-refractivity contribution is -0.150. The van der Waals surface area contributed by atoms with Crippen LogP contribution in [0.4, 0.5) is 0 Å². The summed E-state index contributed by atoms with van der Waals surface area (Å²) in [5.41, 5.74) is 0. The first-order valence-electron chi connectivity index (χ1n) is 15.5. The van der Waals surface area contributed by atoms with E-state index in [0.29, 0.717) is 12.8 Å². The number of carboxylic acids is 1. The number of ether oxygens (including phenoxy) is 1. The fourth-order valence-corrected chi connectivity index (χ4v) is 4.77. The second-order valence-electron chi connectivity index (χ2n) is 10.7. The number of hydrogen-bond donors (Lipinski definition) is 1. The Morgan fingerprint density at radius 1 is 0.514 bits per heavy atom. The van der Waals surface area contributed by atoms with Gasteiger partial charge in [-0.25, -0.2) is 0 Å². The predicted molar refractivity (Wildman–Crippen MR) is 149 cm³/mol. The van der Waals surface area contributed by atoms with Crippen molar-refractivity contribution in [1.82, 2.24) is 0 Å². The van der Waals surface area contributed by atoms with Gasteiger partial charge in [-0.1, -0.05) is 129 Å². The quantitative estimate of drug-likeness (QED) is 0.0864. The normalized spacial score (nSPS) is 12.1. The average Bonchev–Trinajstić information content (AvgIpc) is 2.83. The largest absolute Gasteiger partial charge is 0.481 e. The summed E-state index contributed by atoms with van der Waals surface area (Å²) in [6.07, 6.45) is 29.8. The van der Waals surface area contributed by atoms with Gasteiger partial charge in [-0.05, 0) is 38.5 Å². The number of rotatable bonds is 28. The Bertz CT molecular complexity index is 463. The van der Waals surface area contributed by atoms with Crippen molar-refractivity contribution in [2.45, 2.75) is 187 Å². The van der Waals surface area contributed by atoms with Gasteiger partial charge in [0.1, 0.15) is 6.10 Å². The number of carbonyl (C=O) groups excluding carboxylic acids is 1. The SMILES string of the molecule is CCCCCCCCCCCCC(=O)OC(CCCCCC)CCCCCCCCCCC(=O)O. The molecular formula is C31H60O4. The molecule has 0 saturated heterocycles. The smallest absolute Gasteiger partial charge is 0.306 e. The molecule has 0 aliphatic carbocycles. The Balaban J connectivity index is 3.87. The molecule has 0 aliphatic rings. The van der Waals surface area contributed by atoms with Crippen LogP contribution in [0.1, 0.15) is 181 Å². The maximum atomic E-state index is 12.4. The lowest BCUT2D eigenvalue weighted by Crippen LogP contribution is -2.18. The molecule has 0 aromatic carbocycles. The van der Waals surface area contributed by atoms with Crippen molar-refractivity contribution in [2.75, 3.05) is 0 Å². The molecule has 0 aromatic heterocycles. The van der Waals surface area contributed by atoms with Gasteiger partial charge in [0.15, 0.2) is 0 Å². The van der Waals surface area contributed by atoms with E-state index >= 15 is 0 Å². The first-order valence-corrected chi connectivity index (χ1v) is 15.5. The number of carbonyl (C=O) groups is 2. The highest BCUT2D eigenvalue weighted by atomic mass is 16.5. The first kappa shape index (κ1) is 33.9. The van der Waals surface area contributed by atoms with Gasteiger partial charge >= 0.3 is 11.9 Å². The van der Waals surface area contributed by atoms with Crippen LogP contribution in [0.25, 0.3) is 0 Å². The summed E-state index contributed by atoms with van der Waals surface area (Å²) in [7, 11) is 0. The Kier molecular flexibility index (Phi) is 26.7. The molecule has 0 spiro atoms. The van der Waals surface area contributed by atoms with Crippen LogP contribution in [-0.2, 0) is 14.3 Å². The zero-order valence-electron chi connectivity index (χ0n) is 23.6. The van der Waals surface area contributed by atoms with Crippen LogP contribution < -0.4 is 0 Å². The highest BCUT2D eigenvalue weighted by Gasteiger charge is 2.14. The molecule has 4 nitrogen and oxygen atoms in total. The van der Waals surface area contributed by atoms with Crippen molar-refractivity contribution in [3.63, 3.8) is 0 Å². The number of hydrogen-bond acceptors (Lipinski definition) is 3. The van der Waals surface area contributed by atoms with Crippen LogP contribution in [-0.4, -0.2) is 23.1 Å². The van der Waals surface area contributed by atoms with Gasteiger partial charge in [-0.3, -0.25) is 9.59 Å². The number of aliphatic carboxylic acids is 1. The molecule has 0 bridgehead atoms. The molecule has 4 heteroatoms. The number of unbranched alkanes of at least 4 members (excludes halogenated alkanes) is 19. The third-order valence-corrected chi connectivity index (χ3v) is 7.08. The molecule has 0 aromatic rings. The summed E-state index contributed by atoms with van der Waals surface area (Å²) in [6, 6.07) is 0. The molecule has 0 heterocycles. The van der Waals surface area contributed by atoms with Gasteiger partial charge in [0.2, 0.25) is 0 Å². The molecule has 1 N–H and O–H groups in total. The van der Waals surface area contributed by atoms with E-state index in [4.69, 9.17) is 9.84 Å². The predicted octanol–water partition coefficient (Wildman–Crippen LogP) is 10.2. The molecule has 1 atom stereocenters. The van der Waals surface area contributed by atoms with Crippen LogP contribution in [0.2, 0.25) is 0 Å². The molecular weight excluding hydrogens is 436 g/mol. The van der Waals surface area contributed by atoms with Gasteiger partial charge in [-0.2, -0.15) is 0 Å². The van der Waals surface area contributed by atoms with E-state index in [1.807, 2.05) is 0 Å². The van der Waals surface area contributed by atoms with Crippen molar-refractivity contribution >= 4 is 11.9 Å². The summed E-state index contributed by atoms with van der Waals surface area (Å²) < 4.78 is 5.92. The van der Waals surface area contributed by atoms with Crippen molar-refractivity contribution in [2.24, 2.45) is 0 Å². The van der Waals surface area contributed by atoms with Crippen LogP contribution in [0.5, 0.6) is 0 Å². The van der Waals surface area contributed by atoms with E-state index in [2.05, 4.69) is 13.8 Å².